The van der Waals surface area contributed by atoms with Gasteiger partial charge in [0.2, 0.25) is 0 Å². The van der Waals surface area contributed by atoms with E-state index >= 15 is 0 Å². The predicted octanol–water partition coefficient (Wildman–Crippen LogP) is 1.42. The number of carbonyl (C=O) groups excluding carboxylic acids is 1. The molecule has 136 valence electrons. The Bertz CT molecular complexity index is 791. The van der Waals surface area contributed by atoms with Gasteiger partial charge in [0.05, 0.1) is 18.7 Å². The van der Waals surface area contributed by atoms with Gasteiger partial charge in [0.25, 0.3) is 5.91 Å². The third-order valence-corrected chi connectivity index (χ3v) is 4.65. The second-order valence-electron chi connectivity index (χ2n) is 6.87. The highest BCUT2D eigenvalue weighted by molar-refractivity contribution is 5.93. The largest absolute Gasteiger partial charge is 0.368 e. The van der Waals surface area contributed by atoms with Crippen LogP contribution in [-0.4, -0.2) is 64.5 Å². The van der Waals surface area contributed by atoms with Gasteiger partial charge in [-0.05, 0) is 12.8 Å². The second kappa shape index (κ2) is 6.95. The molecular weight excluding hydrogens is 332 g/mol. The van der Waals surface area contributed by atoms with E-state index < -0.39 is 0 Å². The molecule has 1 saturated heterocycles. The Balaban J connectivity index is 1.50. The van der Waals surface area contributed by atoms with Crippen molar-refractivity contribution >= 4 is 11.7 Å². The molecule has 8 nitrogen and oxygen atoms in total. The summed E-state index contributed by atoms with van der Waals surface area (Å²) in [5.41, 5.74) is 1.26. The van der Waals surface area contributed by atoms with Crippen LogP contribution in [0.15, 0.2) is 24.8 Å². The molecule has 2 fully saturated rings. The quantitative estimate of drug-likeness (QED) is 0.821. The summed E-state index contributed by atoms with van der Waals surface area (Å²) < 4.78 is 5.88. The Morgan fingerprint density at radius 2 is 1.88 bits per heavy atom. The molecule has 1 atom stereocenters. The minimum Gasteiger partial charge on any atom is -0.368 e. The maximum Gasteiger partial charge on any atom is 0.257 e. The fourth-order valence-corrected chi connectivity index (χ4v) is 3.10. The number of aromatic nitrogens is 4. The molecule has 0 radical (unpaired) electrons. The first-order valence-electron chi connectivity index (χ1n) is 8.84. The zero-order valence-corrected chi connectivity index (χ0v) is 15.0. The molecule has 0 bridgehead atoms. The molecular formula is C18H22N6O2. The van der Waals surface area contributed by atoms with Crippen molar-refractivity contribution < 1.29 is 9.53 Å². The van der Waals surface area contributed by atoms with Crippen LogP contribution in [0.3, 0.4) is 0 Å². The van der Waals surface area contributed by atoms with Crippen molar-refractivity contribution in [2.75, 3.05) is 38.7 Å². The predicted molar refractivity (Wildman–Crippen MR) is 95.0 cm³/mol. The van der Waals surface area contributed by atoms with Crippen LogP contribution in [0.1, 0.15) is 46.7 Å². The number of nitrogens with zero attached hydrogens (tertiary/aromatic N) is 6. The second-order valence-corrected chi connectivity index (χ2v) is 6.87. The summed E-state index contributed by atoms with van der Waals surface area (Å²) in [5.74, 6) is 2.00. The molecule has 3 heterocycles. The van der Waals surface area contributed by atoms with E-state index in [0.29, 0.717) is 31.2 Å². The zero-order valence-electron chi connectivity index (χ0n) is 15.0. The lowest BCUT2D eigenvalue weighted by Gasteiger charge is -2.33. The summed E-state index contributed by atoms with van der Waals surface area (Å²) in [5, 5.41) is 0. The third-order valence-electron chi connectivity index (χ3n) is 4.65. The summed E-state index contributed by atoms with van der Waals surface area (Å²) >= 11 is 0. The Kier molecular flexibility index (Phi) is 4.50. The summed E-state index contributed by atoms with van der Waals surface area (Å²) in [4.78, 5) is 34.0. The number of amides is 1. The van der Waals surface area contributed by atoms with Crippen LogP contribution in [0.25, 0.3) is 0 Å². The molecule has 1 aliphatic heterocycles. The van der Waals surface area contributed by atoms with E-state index in [9.17, 15) is 4.79 Å². The first kappa shape index (κ1) is 16.8. The highest BCUT2D eigenvalue weighted by atomic mass is 16.5. The lowest BCUT2D eigenvalue weighted by atomic mass is 10.1. The average Bonchev–Trinajstić information content (AvgIpc) is 3.53. The van der Waals surface area contributed by atoms with E-state index in [1.54, 1.807) is 29.7 Å². The van der Waals surface area contributed by atoms with Crippen LogP contribution in [0, 0.1) is 0 Å². The van der Waals surface area contributed by atoms with Crippen molar-refractivity contribution in [3.63, 3.8) is 0 Å². The SMILES string of the molecule is CN(C)c1nccnc1[C@@H]1CN(C(=O)c2cnc(C3CC3)nc2)CCO1. The van der Waals surface area contributed by atoms with E-state index in [4.69, 9.17) is 4.74 Å². The monoisotopic (exact) mass is 354 g/mol. The molecule has 2 aromatic rings. The Morgan fingerprint density at radius 3 is 2.58 bits per heavy atom. The van der Waals surface area contributed by atoms with E-state index in [2.05, 4.69) is 19.9 Å². The zero-order chi connectivity index (χ0) is 18.1. The van der Waals surface area contributed by atoms with Crippen molar-refractivity contribution in [2.45, 2.75) is 24.9 Å². The minimum atomic E-state index is -0.301. The minimum absolute atomic E-state index is 0.0732. The van der Waals surface area contributed by atoms with Gasteiger partial charge in [0, 0.05) is 51.3 Å². The molecule has 8 heteroatoms. The molecule has 1 saturated carbocycles. The number of hydrogen-bond acceptors (Lipinski definition) is 7. The Morgan fingerprint density at radius 1 is 1.15 bits per heavy atom. The van der Waals surface area contributed by atoms with Gasteiger partial charge in [-0.2, -0.15) is 0 Å². The molecule has 1 aliphatic carbocycles. The first-order chi connectivity index (χ1) is 12.6. The van der Waals surface area contributed by atoms with E-state index in [-0.39, 0.29) is 12.0 Å². The highest BCUT2D eigenvalue weighted by Crippen LogP contribution is 2.37. The highest BCUT2D eigenvalue weighted by Gasteiger charge is 2.30. The summed E-state index contributed by atoms with van der Waals surface area (Å²) in [6, 6.07) is 0. The van der Waals surface area contributed by atoms with Gasteiger partial charge in [0.15, 0.2) is 5.82 Å². The van der Waals surface area contributed by atoms with Gasteiger partial charge in [-0.25, -0.2) is 15.0 Å². The van der Waals surface area contributed by atoms with Crippen LogP contribution in [0.5, 0.6) is 0 Å². The maximum absolute atomic E-state index is 12.8. The van der Waals surface area contributed by atoms with Gasteiger partial charge in [0.1, 0.15) is 17.6 Å². The molecule has 2 aliphatic rings. The normalized spacial score (nSPS) is 20.1. The smallest absolute Gasteiger partial charge is 0.257 e. The topological polar surface area (TPSA) is 84.3 Å². The van der Waals surface area contributed by atoms with Crippen molar-refractivity contribution in [3.8, 4) is 0 Å². The lowest BCUT2D eigenvalue weighted by molar-refractivity contribution is -0.0246. The molecule has 0 spiro atoms. The summed E-state index contributed by atoms with van der Waals surface area (Å²) in [7, 11) is 3.83. The summed E-state index contributed by atoms with van der Waals surface area (Å²) in [6.07, 6.45) is 8.57. The summed E-state index contributed by atoms with van der Waals surface area (Å²) in [6.45, 7) is 1.43. The van der Waals surface area contributed by atoms with E-state index in [1.165, 1.54) is 0 Å². The molecule has 0 unspecified atom stereocenters. The number of ether oxygens (including phenoxy) is 1. The van der Waals surface area contributed by atoms with Crippen LogP contribution >= 0.6 is 0 Å². The fourth-order valence-electron chi connectivity index (χ4n) is 3.10. The van der Waals surface area contributed by atoms with Gasteiger partial charge in [-0.1, -0.05) is 0 Å². The molecule has 0 aromatic carbocycles. The van der Waals surface area contributed by atoms with Gasteiger partial charge < -0.3 is 14.5 Å². The van der Waals surface area contributed by atoms with Gasteiger partial charge in [-0.15, -0.1) is 0 Å². The van der Waals surface area contributed by atoms with Gasteiger partial charge >= 0.3 is 0 Å². The number of hydrogen-bond donors (Lipinski definition) is 0. The first-order valence-corrected chi connectivity index (χ1v) is 8.84. The van der Waals surface area contributed by atoms with Crippen LogP contribution in [0.2, 0.25) is 0 Å². The molecule has 2 aromatic heterocycles. The third kappa shape index (κ3) is 3.37. The van der Waals surface area contributed by atoms with Crippen molar-refractivity contribution in [3.05, 3.63) is 41.9 Å². The lowest BCUT2D eigenvalue weighted by Crippen LogP contribution is -2.43. The molecule has 0 N–H and O–H groups in total. The number of anilines is 1. The Labute approximate surface area is 152 Å². The van der Waals surface area contributed by atoms with Crippen molar-refractivity contribution in [1.82, 2.24) is 24.8 Å². The fraction of sp³-hybridized carbons (Fsp3) is 0.500. The number of rotatable bonds is 4. The van der Waals surface area contributed by atoms with E-state index in [0.717, 1.165) is 30.2 Å². The van der Waals surface area contributed by atoms with Crippen LogP contribution < -0.4 is 4.90 Å². The molecule has 1 amide bonds. The van der Waals surface area contributed by atoms with Crippen LogP contribution in [-0.2, 0) is 4.74 Å². The number of carbonyl (C=O) groups is 1. The Hall–Kier alpha value is -2.61. The average molecular weight is 354 g/mol. The van der Waals surface area contributed by atoms with Crippen molar-refractivity contribution in [2.24, 2.45) is 0 Å². The van der Waals surface area contributed by atoms with Crippen LogP contribution in [0.4, 0.5) is 5.82 Å². The van der Waals surface area contributed by atoms with E-state index in [1.807, 2.05) is 19.0 Å². The molecule has 26 heavy (non-hydrogen) atoms. The molecule has 4 rings (SSSR count). The maximum atomic E-state index is 12.8. The number of morpholine rings is 1. The van der Waals surface area contributed by atoms with Gasteiger partial charge in [-0.3, -0.25) is 9.78 Å². The van der Waals surface area contributed by atoms with Crippen molar-refractivity contribution in [1.29, 1.82) is 0 Å². The standard InChI is InChI=1S/C18H22N6O2/c1-23(2)17-15(19-5-6-20-17)14-11-24(7-8-26-14)18(25)13-9-21-16(22-10-13)12-3-4-12/h5-6,9-10,12,14H,3-4,7-8,11H2,1-2H3/t14-/m0/s1.